The second-order valence-electron chi connectivity index (χ2n) is 9.62. The molecule has 0 saturated carbocycles. The van der Waals surface area contributed by atoms with Gasteiger partial charge in [0, 0.05) is 18.1 Å². The van der Waals surface area contributed by atoms with Gasteiger partial charge in [-0.2, -0.15) is 0 Å². The molecular weight excluding hydrogens is 456 g/mol. The molecule has 7 nitrogen and oxygen atoms in total. The van der Waals surface area contributed by atoms with E-state index in [1.807, 2.05) is 36.4 Å². The summed E-state index contributed by atoms with van der Waals surface area (Å²) in [6, 6.07) is 15.6. The second-order valence-corrected chi connectivity index (χ2v) is 9.62. The minimum absolute atomic E-state index is 0.0534. The fraction of sp³-hybridized carbons (Fsp3) is 0.448. The number of nitrogens with zero attached hydrogens (tertiary/aromatic N) is 2. The molecule has 1 aliphatic rings. The molecule has 4 rings (SSSR count). The molecule has 2 heterocycles. The van der Waals surface area contributed by atoms with Crippen molar-refractivity contribution >= 4 is 16.9 Å². The lowest BCUT2D eigenvalue weighted by atomic mass is 9.81. The lowest BCUT2D eigenvalue weighted by Gasteiger charge is -2.37. The number of aliphatic carboxylic acids is 1. The van der Waals surface area contributed by atoms with E-state index in [-0.39, 0.29) is 5.92 Å². The van der Waals surface area contributed by atoms with Crippen molar-refractivity contribution in [2.24, 2.45) is 11.8 Å². The monoisotopic (exact) mass is 492 g/mol. The Bertz CT molecular complexity index is 1150. The number of hydrogen-bond donors (Lipinski definition) is 2. The van der Waals surface area contributed by atoms with Gasteiger partial charge in [-0.25, -0.2) is 0 Å². The molecule has 0 bridgehead atoms. The molecule has 1 aromatic heterocycles. The van der Waals surface area contributed by atoms with Gasteiger partial charge in [0.25, 0.3) is 0 Å². The van der Waals surface area contributed by atoms with Gasteiger partial charge in [-0.05, 0) is 98.6 Å². The highest BCUT2D eigenvalue weighted by Gasteiger charge is 2.34. The molecule has 1 saturated heterocycles. The molecular formula is C29H36N2O5. The third-order valence-corrected chi connectivity index (χ3v) is 7.41. The summed E-state index contributed by atoms with van der Waals surface area (Å²) in [7, 11) is 3.28. The van der Waals surface area contributed by atoms with Gasteiger partial charge in [0.1, 0.15) is 11.5 Å². The lowest BCUT2D eigenvalue weighted by Crippen LogP contribution is -2.44. The van der Waals surface area contributed by atoms with Gasteiger partial charge in [0.05, 0.1) is 31.8 Å². The van der Waals surface area contributed by atoms with E-state index in [0.29, 0.717) is 25.1 Å². The average Bonchev–Trinajstić information content (AvgIpc) is 2.91. The molecule has 1 fully saturated rings. The number of rotatable bonds is 11. The maximum Gasteiger partial charge on any atom is 0.308 e. The Balaban J connectivity index is 1.31. The van der Waals surface area contributed by atoms with Gasteiger partial charge in [-0.15, -0.1) is 0 Å². The normalized spacial score (nSPS) is 19.2. The number of carboxylic acids is 1. The van der Waals surface area contributed by atoms with E-state index in [2.05, 4.69) is 22.0 Å². The predicted octanol–water partition coefficient (Wildman–Crippen LogP) is 4.72. The van der Waals surface area contributed by atoms with Crippen LogP contribution < -0.4 is 9.47 Å². The van der Waals surface area contributed by atoms with E-state index in [9.17, 15) is 15.0 Å². The summed E-state index contributed by atoms with van der Waals surface area (Å²) in [5, 5.41) is 21.8. The molecule has 0 aliphatic carbocycles. The molecule has 2 aromatic carbocycles. The quantitative estimate of drug-likeness (QED) is 0.400. The average molecular weight is 493 g/mol. The number of benzene rings is 2. The number of likely N-dealkylation sites (tertiary alicyclic amines) is 1. The Kier molecular flexibility index (Phi) is 8.78. The topological polar surface area (TPSA) is 92.1 Å². The van der Waals surface area contributed by atoms with Gasteiger partial charge in [0.15, 0.2) is 0 Å². The van der Waals surface area contributed by atoms with Crippen molar-refractivity contribution < 1.29 is 24.5 Å². The van der Waals surface area contributed by atoms with Crippen molar-refractivity contribution in [2.45, 2.75) is 38.2 Å². The summed E-state index contributed by atoms with van der Waals surface area (Å²) in [5.41, 5.74) is 2.87. The van der Waals surface area contributed by atoms with E-state index < -0.39 is 18.0 Å². The van der Waals surface area contributed by atoms with E-state index in [4.69, 9.17) is 9.47 Å². The van der Waals surface area contributed by atoms with E-state index in [1.165, 1.54) is 5.56 Å². The highest BCUT2D eigenvalue weighted by molar-refractivity contribution is 5.83. The van der Waals surface area contributed by atoms with Crippen LogP contribution in [0.3, 0.4) is 0 Å². The number of aryl methyl sites for hydroxylation is 1. The number of methoxy groups -OCH3 is 2. The van der Waals surface area contributed by atoms with Crippen molar-refractivity contribution in [1.82, 2.24) is 9.88 Å². The molecule has 1 aliphatic heterocycles. The molecule has 3 atom stereocenters. The van der Waals surface area contributed by atoms with Gasteiger partial charge in [-0.1, -0.05) is 12.1 Å². The minimum atomic E-state index is -0.742. The van der Waals surface area contributed by atoms with Crippen LogP contribution in [0.2, 0.25) is 0 Å². The summed E-state index contributed by atoms with van der Waals surface area (Å²) < 4.78 is 10.6. The first-order chi connectivity index (χ1) is 17.5. The maximum atomic E-state index is 12.1. The van der Waals surface area contributed by atoms with Crippen LogP contribution in [-0.4, -0.2) is 59.9 Å². The first-order valence-electron chi connectivity index (χ1n) is 12.7. The SMILES string of the molecule is COc1ccc(CCCN2CC[C@@H](CC[C@@H](O)c3ccnc4ccc(OC)cc34)[C@@H](C(=O)O)C2)cc1. The summed E-state index contributed by atoms with van der Waals surface area (Å²) >= 11 is 0. The maximum absolute atomic E-state index is 12.1. The van der Waals surface area contributed by atoms with Gasteiger partial charge >= 0.3 is 5.97 Å². The zero-order chi connectivity index (χ0) is 25.5. The first-order valence-corrected chi connectivity index (χ1v) is 12.7. The number of pyridine rings is 1. The summed E-state index contributed by atoms with van der Waals surface area (Å²) in [6.07, 6.45) is 4.99. The zero-order valence-electron chi connectivity index (χ0n) is 21.1. The molecule has 36 heavy (non-hydrogen) atoms. The van der Waals surface area contributed by atoms with Crippen molar-refractivity contribution in [3.8, 4) is 11.5 Å². The van der Waals surface area contributed by atoms with Crippen LogP contribution in [0.25, 0.3) is 10.9 Å². The smallest absolute Gasteiger partial charge is 0.308 e. The number of aliphatic hydroxyl groups is 1. The molecule has 192 valence electrons. The molecule has 3 aromatic rings. The Morgan fingerprint density at radius 1 is 1.11 bits per heavy atom. The van der Waals surface area contributed by atoms with Crippen LogP contribution in [0.15, 0.2) is 54.7 Å². The second kappa shape index (κ2) is 12.2. The molecule has 7 heteroatoms. The van der Waals surface area contributed by atoms with E-state index in [1.54, 1.807) is 20.4 Å². The minimum Gasteiger partial charge on any atom is -0.497 e. The number of aliphatic hydroxyl groups excluding tert-OH is 1. The van der Waals surface area contributed by atoms with Crippen LogP contribution in [0.1, 0.15) is 42.9 Å². The van der Waals surface area contributed by atoms with Crippen LogP contribution in [0.4, 0.5) is 0 Å². The Hall–Kier alpha value is -3.16. The highest BCUT2D eigenvalue weighted by Crippen LogP contribution is 2.33. The van der Waals surface area contributed by atoms with Crippen LogP contribution in [-0.2, 0) is 11.2 Å². The van der Waals surface area contributed by atoms with Crippen molar-refractivity contribution in [3.63, 3.8) is 0 Å². The summed E-state index contributed by atoms with van der Waals surface area (Å²) in [4.78, 5) is 18.8. The highest BCUT2D eigenvalue weighted by atomic mass is 16.5. The Morgan fingerprint density at radius 2 is 1.86 bits per heavy atom. The number of carbonyl (C=O) groups is 1. The number of fused-ring (bicyclic) bond motifs is 1. The van der Waals surface area contributed by atoms with Gasteiger partial charge in [0.2, 0.25) is 0 Å². The number of ether oxygens (including phenoxy) is 2. The number of aromatic nitrogens is 1. The van der Waals surface area contributed by atoms with Crippen LogP contribution in [0, 0.1) is 11.8 Å². The fourth-order valence-corrected chi connectivity index (χ4v) is 5.29. The van der Waals surface area contributed by atoms with Gasteiger partial charge < -0.3 is 24.6 Å². The fourth-order valence-electron chi connectivity index (χ4n) is 5.29. The zero-order valence-corrected chi connectivity index (χ0v) is 21.1. The number of carboxylic acid groups (broad SMARTS) is 1. The third-order valence-electron chi connectivity index (χ3n) is 7.41. The molecule has 0 radical (unpaired) electrons. The van der Waals surface area contributed by atoms with Crippen LogP contribution in [0.5, 0.6) is 11.5 Å². The van der Waals surface area contributed by atoms with E-state index >= 15 is 0 Å². The number of hydrogen-bond acceptors (Lipinski definition) is 6. The standard InChI is InChI=1S/C29H36N2O5/c1-35-22-8-5-20(6-9-22)4-3-16-31-17-14-21(26(19-31)29(33)34)7-12-28(32)24-13-15-30-27-11-10-23(36-2)18-25(24)27/h5-6,8-11,13,15,18,21,26,28,32H,3-4,7,12,14,16-17,19H2,1-2H3,(H,33,34)/t21-,26+,28-/m1/s1. The third kappa shape index (κ3) is 6.33. The first kappa shape index (κ1) is 25.9. The summed E-state index contributed by atoms with van der Waals surface area (Å²) in [6.45, 7) is 2.34. The molecule has 2 N–H and O–H groups in total. The molecule has 0 unspecified atom stereocenters. The van der Waals surface area contributed by atoms with E-state index in [0.717, 1.165) is 54.6 Å². The Morgan fingerprint density at radius 3 is 2.58 bits per heavy atom. The molecule has 0 spiro atoms. The van der Waals surface area contributed by atoms with Crippen molar-refractivity contribution in [2.75, 3.05) is 33.9 Å². The Labute approximate surface area is 212 Å². The predicted molar refractivity (Wildman–Crippen MR) is 139 cm³/mol. The van der Waals surface area contributed by atoms with Crippen molar-refractivity contribution in [3.05, 3.63) is 65.9 Å². The van der Waals surface area contributed by atoms with Gasteiger partial charge in [-0.3, -0.25) is 9.78 Å². The molecule has 0 amide bonds. The number of piperidine rings is 1. The lowest BCUT2D eigenvalue weighted by molar-refractivity contribution is -0.146. The van der Waals surface area contributed by atoms with Crippen LogP contribution >= 0.6 is 0 Å². The largest absolute Gasteiger partial charge is 0.497 e. The summed E-state index contributed by atoms with van der Waals surface area (Å²) in [5.74, 6) is 0.466. The van der Waals surface area contributed by atoms with Crippen molar-refractivity contribution in [1.29, 1.82) is 0 Å².